The van der Waals surface area contributed by atoms with Crippen LogP contribution in [0.2, 0.25) is 0 Å². The van der Waals surface area contributed by atoms with Crippen LogP contribution in [0.1, 0.15) is 0 Å². The van der Waals surface area contributed by atoms with Gasteiger partial charge < -0.3 is 5.73 Å². The molecule has 3 rings (SSSR count). The normalized spacial score (nSPS) is 11.4. The van der Waals surface area contributed by atoms with E-state index in [1.165, 1.54) is 12.1 Å². The highest BCUT2D eigenvalue weighted by molar-refractivity contribution is 9.10. The second-order valence-corrected chi connectivity index (χ2v) is 8.24. The molecule has 0 aliphatic heterocycles. The summed E-state index contributed by atoms with van der Waals surface area (Å²) in [6, 6.07) is 19.0. The second-order valence-electron chi connectivity index (χ2n) is 5.46. The molecule has 25 heavy (non-hydrogen) atoms. The Bertz CT molecular complexity index is 1030. The Morgan fingerprint density at radius 3 is 2.24 bits per heavy atom. The van der Waals surface area contributed by atoms with Gasteiger partial charge in [0, 0.05) is 4.47 Å². The first-order chi connectivity index (χ1) is 11.9. The van der Waals surface area contributed by atoms with Crippen molar-refractivity contribution in [3.63, 3.8) is 0 Å². The summed E-state index contributed by atoms with van der Waals surface area (Å²) in [6.07, 6.45) is 0. The van der Waals surface area contributed by atoms with Gasteiger partial charge in [0.1, 0.15) is 6.54 Å². The van der Waals surface area contributed by atoms with Crippen LogP contribution in [0.15, 0.2) is 76.1 Å². The largest absolute Gasteiger partial charge is 0.368 e. The zero-order valence-corrected chi connectivity index (χ0v) is 15.5. The summed E-state index contributed by atoms with van der Waals surface area (Å²) < 4.78 is 27.8. The third kappa shape index (κ3) is 3.67. The number of primary amides is 1. The molecule has 0 saturated heterocycles. The van der Waals surface area contributed by atoms with Gasteiger partial charge in [0.15, 0.2) is 0 Å². The molecule has 5 nitrogen and oxygen atoms in total. The first-order valence-electron chi connectivity index (χ1n) is 7.43. The molecule has 3 aromatic carbocycles. The molecule has 0 aromatic heterocycles. The number of nitrogens with zero attached hydrogens (tertiary/aromatic N) is 1. The number of hydrogen-bond acceptors (Lipinski definition) is 3. The van der Waals surface area contributed by atoms with Crippen LogP contribution >= 0.6 is 15.9 Å². The van der Waals surface area contributed by atoms with Crippen molar-refractivity contribution >= 4 is 48.3 Å². The summed E-state index contributed by atoms with van der Waals surface area (Å²) in [5.74, 6) is -0.728. The van der Waals surface area contributed by atoms with Gasteiger partial charge in [-0.15, -0.1) is 0 Å². The molecule has 0 fully saturated rings. The maximum atomic E-state index is 13.0. The number of amides is 1. The van der Waals surface area contributed by atoms with E-state index in [1.54, 1.807) is 24.3 Å². The van der Waals surface area contributed by atoms with Crippen LogP contribution in [0.3, 0.4) is 0 Å². The number of nitrogens with two attached hydrogens (primary N) is 1. The van der Waals surface area contributed by atoms with Crippen LogP contribution in [0.5, 0.6) is 0 Å². The Morgan fingerprint density at radius 1 is 0.960 bits per heavy atom. The summed E-state index contributed by atoms with van der Waals surface area (Å²) >= 11 is 3.28. The number of carbonyl (C=O) groups excluding carboxylic acids is 1. The number of carbonyl (C=O) groups is 1. The van der Waals surface area contributed by atoms with E-state index in [0.29, 0.717) is 5.69 Å². The quantitative estimate of drug-likeness (QED) is 0.689. The Hall–Kier alpha value is -2.38. The van der Waals surface area contributed by atoms with Crippen LogP contribution in [-0.2, 0) is 14.8 Å². The number of fused-ring (bicyclic) bond motifs is 1. The molecule has 7 heteroatoms. The molecule has 0 radical (unpaired) electrons. The smallest absolute Gasteiger partial charge is 0.264 e. The van der Waals surface area contributed by atoms with Crippen molar-refractivity contribution in [1.82, 2.24) is 0 Å². The van der Waals surface area contributed by atoms with E-state index in [2.05, 4.69) is 15.9 Å². The Labute approximate surface area is 154 Å². The van der Waals surface area contributed by atoms with Gasteiger partial charge in [-0.3, -0.25) is 9.10 Å². The lowest BCUT2D eigenvalue weighted by atomic mass is 10.1. The van der Waals surface area contributed by atoms with Crippen molar-refractivity contribution in [2.45, 2.75) is 4.90 Å². The molecule has 0 aliphatic carbocycles. The fourth-order valence-corrected chi connectivity index (χ4v) is 4.21. The summed E-state index contributed by atoms with van der Waals surface area (Å²) in [6.45, 7) is -0.434. The van der Waals surface area contributed by atoms with Crippen molar-refractivity contribution in [1.29, 1.82) is 0 Å². The molecule has 0 heterocycles. The number of halogens is 1. The average Bonchev–Trinajstić information content (AvgIpc) is 2.59. The molecule has 0 bridgehead atoms. The lowest BCUT2D eigenvalue weighted by Gasteiger charge is -2.23. The van der Waals surface area contributed by atoms with Gasteiger partial charge in [0.25, 0.3) is 10.0 Å². The Kier molecular flexibility index (Phi) is 4.78. The van der Waals surface area contributed by atoms with Gasteiger partial charge in [0.2, 0.25) is 5.91 Å². The first-order valence-corrected chi connectivity index (χ1v) is 9.67. The summed E-state index contributed by atoms with van der Waals surface area (Å²) in [5, 5.41) is 1.85. The minimum Gasteiger partial charge on any atom is -0.368 e. The fraction of sp³-hybridized carbons (Fsp3) is 0.0556. The van der Waals surface area contributed by atoms with E-state index >= 15 is 0 Å². The predicted molar refractivity (Wildman–Crippen MR) is 102 cm³/mol. The maximum Gasteiger partial charge on any atom is 0.264 e. The Morgan fingerprint density at radius 2 is 1.60 bits per heavy atom. The third-order valence-electron chi connectivity index (χ3n) is 3.72. The van der Waals surface area contributed by atoms with Crippen LogP contribution in [0.25, 0.3) is 10.8 Å². The minimum absolute atomic E-state index is 0.0881. The molecule has 0 spiro atoms. The average molecular weight is 419 g/mol. The van der Waals surface area contributed by atoms with Crippen LogP contribution < -0.4 is 10.0 Å². The number of sulfonamides is 1. The van der Waals surface area contributed by atoms with E-state index < -0.39 is 22.5 Å². The lowest BCUT2D eigenvalue weighted by Crippen LogP contribution is -2.38. The van der Waals surface area contributed by atoms with Gasteiger partial charge in [-0.05, 0) is 47.2 Å². The summed E-state index contributed by atoms with van der Waals surface area (Å²) in [7, 11) is -3.92. The molecule has 0 saturated carbocycles. The van der Waals surface area contributed by atoms with E-state index in [4.69, 9.17) is 5.73 Å². The fourth-order valence-electron chi connectivity index (χ4n) is 2.52. The SMILES string of the molecule is NC(=O)CN(c1ccc2ccccc2c1)S(=O)(=O)c1ccc(Br)cc1. The first kappa shape index (κ1) is 17.4. The van der Waals surface area contributed by atoms with Gasteiger partial charge in [0.05, 0.1) is 10.6 Å². The van der Waals surface area contributed by atoms with Gasteiger partial charge in [-0.1, -0.05) is 46.3 Å². The van der Waals surface area contributed by atoms with Crippen molar-refractivity contribution < 1.29 is 13.2 Å². The van der Waals surface area contributed by atoms with Crippen LogP contribution in [-0.4, -0.2) is 20.9 Å². The molecule has 0 unspecified atom stereocenters. The maximum absolute atomic E-state index is 13.0. The molecule has 3 aromatic rings. The minimum atomic E-state index is -3.92. The van der Waals surface area contributed by atoms with E-state index in [1.807, 2.05) is 30.3 Å². The molecular formula is C18H15BrN2O3S. The zero-order valence-electron chi connectivity index (χ0n) is 13.1. The highest BCUT2D eigenvalue weighted by Crippen LogP contribution is 2.27. The molecule has 0 aliphatic rings. The number of anilines is 1. The van der Waals surface area contributed by atoms with E-state index in [-0.39, 0.29) is 4.90 Å². The van der Waals surface area contributed by atoms with Gasteiger partial charge >= 0.3 is 0 Å². The highest BCUT2D eigenvalue weighted by atomic mass is 79.9. The van der Waals surface area contributed by atoms with Crippen LogP contribution in [0.4, 0.5) is 5.69 Å². The van der Waals surface area contributed by atoms with Gasteiger partial charge in [-0.25, -0.2) is 8.42 Å². The van der Waals surface area contributed by atoms with Crippen molar-refractivity contribution in [3.05, 3.63) is 71.2 Å². The monoisotopic (exact) mass is 418 g/mol. The van der Waals surface area contributed by atoms with Crippen molar-refractivity contribution in [2.24, 2.45) is 5.73 Å². The molecule has 2 N–H and O–H groups in total. The number of rotatable bonds is 5. The Balaban J connectivity index is 2.12. The third-order valence-corrected chi connectivity index (χ3v) is 6.04. The highest BCUT2D eigenvalue weighted by Gasteiger charge is 2.26. The van der Waals surface area contributed by atoms with Crippen LogP contribution in [0, 0.1) is 0 Å². The van der Waals surface area contributed by atoms with E-state index in [9.17, 15) is 13.2 Å². The molecule has 128 valence electrons. The number of hydrogen-bond donors (Lipinski definition) is 1. The topological polar surface area (TPSA) is 80.5 Å². The standard InChI is InChI=1S/C18H15BrN2O3S/c19-15-6-9-17(10-7-15)25(23,24)21(12-18(20)22)16-8-5-13-3-1-2-4-14(13)11-16/h1-11H,12H2,(H2,20,22). The van der Waals surface area contributed by atoms with E-state index in [0.717, 1.165) is 19.6 Å². The zero-order chi connectivity index (χ0) is 18.0. The predicted octanol–water partition coefficient (Wildman–Crippen LogP) is 3.28. The molecule has 0 atom stereocenters. The summed E-state index contributed by atoms with van der Waals surface area (Å²) in [4.78, 5) is 11.6. The van der Waals surface area contributed by atoms with Crippen molar-refractivity contribution in [2.75, 3.05) is 10.8 Å². The molecule has 1 amide bonds. The second kappa shape index (κ2) is 6.85. The lowest BCUT2D eigenvalue weighted by molar-refractivity contribution is -0.116. The number of benzene rings is 3. The summed E-state index contributed by atoms with van der Waals surface area (Å²) in [5.41, 5.74) is 5.68. The van der Waals surface area contributed by atoms with Crippen molar-refractivity contribution in [3.8, 4) is 0 Å². The van der Waals surface area contributed by atoms with Gasteiger partial charge in [-0.2, -0.15) is 0 Å². The molecular weight excluding hydrogens is 404 g/mol.